The van der Waals surface area contributed by atoms with E-state index in [1.54, 1.807) is 18.4 Å². The lowest BCUT2D eigenvalue weighted by atomic mass is 10.0. The van der Waals surface area contributed by atoms with Gasteiger partial charge < -0.3 is 9.47 Å². The van der Waals surface area contributed by atoms with Crippen LogP contribution in [0.4, 0.5) is 13.2 Å². The molecule has 0 spiro atoms. The average Bonchev–Trinajstić information content (AvgIpc) is 3.62. The molecule has 0 aliphatic carbocycles. The summed E-state index contributed by atoms with van der Waals surface area (Å²) in [6, 6.07) is 19.4. The summed E-state index contributed by atoms with van der Waals surface area (Å²) in [4.78, 5) is 10.6. The second-order valence-electron chi connectivity index (χ2n) is 10.3. The number of aryl methyl sites for hydroxylation is 2. The quantitative estimate of drug-likeness (QED) is 0.153. The van der Waals surface area contributed by atoms with Gasteiger partial charge in [-0.15, -0.1) is 29.6 Å². The number of hydrogen-bond donors (Lipinski definition) is 0. The molecule has 0 N–H and O–H groups in total. The summed E-state index contributed by atoms with van der Waals surface area (Å²) in [5, 5.41) is 6.55. The van der Waals surface area contributed by atoms with E-state index in [-0.39, 0.29) is 5.75 Å². The summed E-state index contributed by atoms with van der Waals surface area (Å²) in [5.41, 5.74) is 5.79. The Morgan fingerprint density at radius 3 is 2.39 bits per heavy atom. The summed E-state index contributed by atoms with van der Waals surface area (Å²) in [6.45, 7) is 6.39. The molecule has 7 nitrogen and oxygen atoms in total. The van der Waals surface area contributed by atoms with Crippen LogP contribution in [-0.4, -0.2) is 37.8 Å². The summed E-state index contributed by atoms with van der Waals surface area (Å²) in [6.07, 6.45) is -1.89. The van der Waals surface area contributed by atoms with Crippen molar-refractivity contribution in [3.63, 3.8) is 0 Å². The number of alkyl halides is 3. The van der Waals surface area contributed by atoms with Crippen molar-refractivity contribution < 1.29 is 22.6 Å². The van der Waals surface area contributed by atoms with Crippen LogP contribution < -0.4 is 14.3 Å². The topological polar surface area (TPSA) is 66.5 Å². The van der Waals surface area contributed by atoms with Crippen LogP contribution in [-0.2, 0) is 6.42 Å². The van der Waals surface area contributed by atoms with Gasteiger partial charge in [0.15, 0.2) is 10.6 Å². The van der Waals surface area contributed by atoms with E-state index in [1.807, 2.05) is 30.3 Å². The van der Waals surface area contributed by atoms with E-state index >= 15 is 0 Å². The molecule has 44 heavy (non-hydrogen) atoms. The van der Waals surface area contributed by atoms with Crippen LogP contribution >= 0.6 is 23.6 Å². The molecule has 5 rings (SSSR count). The summed E-state index contributed by atoms with van der Waals surface area (Å²) in [5.74, 6) is 1.32. The number of ether oxygens (including phenoxy) is 2. The first kappa shape index (κ1) is 31.1. The third kappa shape index (κ3) is 7.43. The van der Waals surface area contributed by atoms with E-state index in [0.29, 0.717) is 28.8 Å². The smallest absolute Gasteiger partial charge is 0.497 e. The monoisotopic (exact) mass is 637 g/mol. The molecule has 3 aromatic carbocycles. The molecule has 12 heteroatoms. The van der Waals surface area contributed by atoms with Crippen molar-refractivity contribution in [2.75, 3.05) is 7.11 Å². The number of thiocarbonyl (C=S) groups is 1. The molecule has 0 radical (unpaired) electrons. The van der Waals surface area contributed by atoms with Crippen molar-refractivity contribution >= 4 is 28.5 Å². The Labute approximate surface area is 262 Å². The minimum Gasteiger partial charge on any atom is -0.497 e. The number of hydrogen-bond acceptors (Lipinski definition) is 6. The SMILES string of the molecule is COc1ccc(-n2c(C)csc2=NC(=S)CCc2ccc(-c3ncn(-c4ccc(OC(F)(F)F)cc4)n3)cc2)c(C(C)C)c1. The highest BCUT2D eigenvalue weighted by Gasteiger charge is 2.31. The zero-order valence-electron chi connectivity index (χ0n) is 24.5. The molecule has 5 aromatic rings. The Morgan fingerprint density at radius 1 is 1.02 bits per heavy atom. The lowest BCUT2D eigenvalue weighted by Crippen LogP contribution is -2.18. The summed E-state index contributed by atoms with van der Waals surface area (Å²) >= 11 is 7.25. The van der Waals surface area contributed by atoms with Crippen LogP contribution in [0.25, 0.3) is 22.8 Å². The van der Waals surface area contributed by atoms with Crippen LogP contribution in [0.15, 0.2) is 83.4 Å². The van der Waals surface area contributed by atoms with Gasteiger partial charge in [-0.3, -0.25) is 4.57 Å². The van der Waals surface area contributed by atoms with Crippen LogP contribution in [0.3, 0.4) is 0 Å². The molecular formula is C32H30F3N5O2S2. The maximum absolute atomic E-state index is 12.4. The molecule has 0 bridgehead atoms. The van der Waals surface area contributed by atoms with Crippen LogP contribution in [0, 0.1) is 6.92 Å². The fourth-order valence-corrected chi connectivity index (χ4v) is 5.78. The second kappa shape index (κ2) is 13.1. The Kier molecular flexibility index (Phi) is 9.31. The number of halogens is 3. The Bertz CT molecular complexity index is 1820. The number of thiazole rings is 1. The van der Waals surface area contributed by atoms with Crippen molar-refractivity contribution in [2.45, 2.75) is 45.9 Å². The molecule has 0 aliphatic heterocycles. The van der Waals surface area contributed by atoms with Crippen molar-refractivity contribution in [3.8, 4) is 34.3 Å². The number of benzene rings is 3. The van der Waals surface area contributed by atoms with Gasteiger partial charge in [-0.2, -0.15) is 0 Å². The van der Waals surface area contributed by atoms with Gasteiger partial charge in [0, 0.05) is 23.1 Å². The molecule has 2 heterocycles. The predicted octanol–water partition coefficient (Wildman–Crippen LogP) is 7.99. The Morgan fingerprint density at radius 2 is 1.73 bits per heavy atom. The van der Waals surface area contributed by atoms with Gasteiger partial charge in [-0.1, -0.05) is 50.3 Å². The van der Waals surface area contributed by atoms with E-state index in [0.717, 1.165) is 39.5 Å². The first-order chi connectivity index (χ1) is 21.0. The highest BCUT2D eigenvalue weighted by molar-refractivity contribution is 7.80. The minimum atomic E-state index is -4.74. The lowest BCUT2D eigenvalue weighted by molar-refractivity contribution is -0.274. The van der Waals surface area contributed by atoms with Crippen LogP contribution in [0.1, 0.15) is 43.0 Å². The van der Waals surface area contributed by atoms with E-state index in [1.165, 1.54) is 40.8 Å². The third-order valence-corrected chi connectivity index (χ3v) is 8.10. The van der Waals surface area contributed by atoms with Gasteiger partial charge in [0.05, 0.1) is 18.5 Å². The fraction of sp³-hybridized carbons (Fsp3) is 0.250. The van der Waals surface area contributed by atoms with E-state index in [4.69, 9.17) is 21.9 Å². The molecular weight excluding hydrogens is 608 g/mol. The zero-order chi connectivity index (χ0) is 31.4. The van der Waals surface area contributed by atoms with Gasteiger partial charge in [0.2, 0.25) is 0 Å². The Balaban J connectivity index is 1.25. The molecule has 0 fully saturated rings. The van der Waals surface area contributed by atoms with Crippen LogP contribution in [0.2, 0.25) is 0 Å². The first-order valence-electron chi connectivity index (χ1n) is 13.8. The second-order valence-corrected chi connectivity index (χ2v) is 11.6. The standard InChI is InChI=1S/C32H30F3N5O2S2/c1-20(2)27-17-26(41-4)14-15-28(27)40-21(3)18-44-31(40)37-29(43)16-7-22-5-8-23(9-6-22)30-36-19-39(38-30)24-10-12-25(13-11-24)42-32(33,34)35/h5-6,8-15,17-20H,7,16H2,1-4H3. The maximum Gasteiger partial charge on any atom is 0.573 e. The van der Waals surface area contributed by atoms with Gasteiger partial charge in [-0.25, -0.2) is 14.7 Å². The highest BCUT2D eigenvalue weighted by atomic mass is 32.1. The lowest BCUT2D eigenvalue weighted by Gasteiger charge is -2.16. The minimum absolute atomic E-state index is 0.298. The Hall–Kier alpha value is -4.29. The maximum atomic E-state index is 12.4. The van der Waals surface area contributed by atoms with Gasteiger partial charge in [-0.05, 0) is 72.9 Å². The molecule has 0 atom stereocenters. The molecule has 0 saturated carbocycles. The first-order valence-corrected chi connectivity index (χ1v) is 15.1. The van der Waals surface area contributed by atoms with Gasteiger partial charge in [0.1, 0.15) is 22.8 Å². The van der Waals surface area contributed by atoms with Crippen molar-refractivity contribution in [2.24, 2.45) is 4.99 Å². The number of rotatable bonds is 9. The number of aromatic nitrogens is 4. The van der Waals surface area contributed by atoms with E-state index in [2.05, 4.69) is 57.7 Å². The largest absolute Gasteiger partial charge is 0.573 e. The fourth-order valence-electron chi connectivity index (χ4n) is 4.64. The van der Waals surface area contributed by atoms with Crippen molar-refractivity contribution in [1.29, 1.82) is 0 Å². The van der Waals surface area contributed by atoms with Crippen molar-refractivity contribution in [3.05, 3.63) is 100 Å². The molecule has 0 aliphatic rings. The third-order valence-electron chi connectivity index (χ3n) is 6.86. The number of nitrogens with zero attached hydrogens (tertiary/aromatic N) is 5. The highest BCUT2D eigenvalue weighted by Crippen LogP contribution is 2.28. The van der Waals surface area contributed by atoms with Crippen molar-refractivity contribution in [1.82, 2.24) is 19.3 Å². The van der Waals surface area contributed by atoms with Crippen LogP contribution in [0.5, 0.6) is 11.5 Å². The summed E-state index contributed by atoms with van der Waals surface area (Å²) < 4.78 is 50.3. The predicted molar refractivity (Wildman–Crippen MR) is 169 cm³/mol. The molecule has 0 unspecified atom stereocenters. The normalized spacial score (nSPS) is 12.1. The molecule has 228 valence electrons. The molecule has 0 saturated heterocycles. The van der Waals surface area contributed by atoms with Gasteiger partial charge >= 0.3 is 6.36 Å². The van der Waals surface area contributed by atoms with E-state index < -0.39 is 6.36 Å². The average molecular weight is 638 g/mol. The van der Waals surface area contributed by atoms with E-state index in [9.17, 15) is 13.2 Å². The molecule has 0 amide bonds. The number of methoxy groups -OCH3 is 1. The zero-order valence-corrected chi connectivity index (χ0v) is 26.1. The summed E-state index contributed by atoms with van der Waals surface area (Å²) in [7, 11) is 1.67. The molecule has 2 aromatic heterocycles. The van der Waals surface area contributed by atoms with Gasteiger partial charge in [0.25, 0.3) is 0 Å².